The number of halogens is 1. The second kappa shape index (κ2) is 4.63. The van der Waals surface area contributed by atoms with Crippen molar-refractivity contribution in [2.24, 2.45) is 0 Å². The molecule has 3 rings (SSSR count). The lowest BCUT2D eigenvalue weighted by Gasteiger charge is -2.28. The molecule has 1 aromatic heterocycles. The smallest absolute Gasteiger partial charge is 0.258 e. The fourth-order valence-electron chi connectivity index (χ4n) is 1.98. The topological polar surface area (TPSA) is 32.3 Å². The summed E-state index contributed by atoms with van der Waals surface area (Å²) in [7, 11) is 0. The molecule has 0 spiro atoms. The molecule has 1 amide bonds. The van der Waals surface area contributed by atoms with Crippen LogP contribution >= 0.6 is 22.9 Å². The van der Waals surface area contributed by atoms with Gasteiger partial charge in [0.25, 0.3) is 5.91 Å². The Balaban J connectivity index is 1.84. The first-order valence-electron chi connectivity index (χ1n) is 5.60. The molecular formula is C13H11ClN2OS. The van der Waals surface area contributed by atoms with Gasteiger partial charge in [0.2, 0.25) is 0 Å². The Morgan fingerprint density at radius 1 is 1.33 bits per heavy atom. The first-order valence-corrected chi connectivity index (χ1v) is 6.85. The van der Waals surface area contributed by atoms with Crippen LogP contribution in [0.2, 0.25) is 5.02 Å². The molecule has 0 radical (unpaired) electrons. The molecule has 0 fully saturated rings. The molecule has 0 aliphatic carbocycles. The first kappa shape index (κ1) is 11.6. The number of amides is 1. The van der Waals surface area contributed by atoms with Crippen molar-refractivity contribution < 1.29 is 4.79 Å². The van der Waals surface area contributed by atoms with Crippen molar-refractivity contribution in [1.82, 2.24) is 4.90 Å². The number of nitrogens with one attached hydrogen (secondary N) is 1. The van der Waals surface area contributed by atoms with E-state index in [1.807, 2.05) is 35.7 Å². The van der Waals surface area contributed by atoms with Crippen LogP contribution < -0.4 is 5.32 Å². The number of rotatable bonds is 2. The molecule has 1 aliphatic heterocycles. The maximum absolute atomic E-state index is 12.2. The second-order valence-corrected chi connectivity index (χ2v) is 5.42. The van der Waals surface area contributed by atoms with Crippen molar-refractivity contribution in [2.45, 2.75) is 6.54 Å². The van der Waals surface area contributed by atoms with Crippen LogP contribution in [0.1, 0.15) is 15.9 Å². The van der Waals surface area contributed by atoms with Gasteiger partial charge in [0.05, 0.1) is 12.2 Å². The summed E-state index contributed by atoms with van der Waals surface area (Å²) in [6.07, 6.45) is 0. The number of thiophene rings is 1. The minimum absolute atomic E-state index is 0.0601. The minimum Gasteiger partial charge on any atom is -0.359 e. The van der Waals surface area contributed by atoms with Gasteiger partial charge >= 0.3 is 0 Å². The molecule has 0 bridgehead atoms. The summed E-state index contributed by atoms with van der Waals surface area (Å²) < 4.78 is 0. The third-order valence-corrected chi connectivity index (χ3v) is 4.17. The lowest BCUT2D eigenvalue weighted by Crippen LogP contribution is -2.38. The highest BCUT2D eigenvalue weighted by Crippen LogP contribution is 2.29. The summed E-state index contributed by atoms with van der Waals surface area (Å²) in [5.41, 5.74) is 1.71. The van der Waals surface area contributed by atoms with Crippen molar-refractivity contribution in [3.05, 3.63) is 51.9 Å². The van der Waals surface area contributed by atoms with Gasteiger partial charge in [-0.25, -0.2) is 0 Å². The van der Waals surface area contributed by atoms with Crippen LogP contribution in [0.25, 0.3) is 0 Å². The fourth-order valence-corrected chi connectivity index (χ4v) is 2.95. The largest absolute Gasteiger partial charge is 0.359 e. The van der Waals surface area contributed by atoms with Crippen molar-refractivity contribution in [1.29, 1.82) is 0 Å². The van der Waals surface area contributed by atoms with Crippen molar-refractivity contribution in [3.63, 3.8) is 0 Å². The summed E-state index contributed by atoms with van der Waals surface area (Å²) in [6.45, 7) is 1.05. The van der Waals surface area contributed by atoms with Gasteiger partial charge in [-0.1, -0.05) is 29.8 Å². The number of nitrogens with zero attached hydrogens (tertiary/aromatic N) is 1. The van der Waals surface area contributed by atoms with Crippen LogP contribution in [0, 0.1) is 0 Å². The quantitative estimate of drug-likeness (QED) is 0.913. The van der Waals surface area contributed by atoms with Crippen LogP contribution in [0.3, 0.4) is 0 Å². The number of fused-ring (bicyclic) bond motifs is 1. The van der Waals surface area contributed by atoms with Gasteiger partial charge < -0.3 is 10.2 Å². The van der Waals surface area contributed by atoms with Gasteiger partial charge in [0.1, 0.15) is 5.00 Å². The lowest BCUT2D eigenvalue weighted by molar-refractivity contribution is 0.0747. The second-order valence-electron chi connectivity index (χ2n) is 4.09. The molecule has 0 saturated heterocycles. The zero-order valence-corrected chi connectivity index (χ0v) is 11.1. The predicted molar refractivity (Wildman–Crippen MR) is 74.1 cm³/mol. The van der Waals surface area contributed by atoms with E-state index in [9.17, 15) is 4.79 Å². The van der Waals surface area contributed by atoms with Gasteiger partial charge in [-0.2, -0.15) is 0 Å². The van der Waals surface area contributed by atoms with E-state index >= 15 is 0 Å². The first-order chi connectivity index (χ1) is 8.75. The van der Waals surface area contributed by atoms with Crippen LogP contribution in [0.5, 0.6) is 0 Å². The van der Waals surface area contributed by atoms with Crippen molar-refractivity contribution in [2.75, 3.05) is 12.0 Å². The van der Waals surface area contributed by atoms with Gasteiger partial charge in [-0.05, 0) is 23.1 Å². The Morgan fingerprint density at radius 2 is 2.17 bits per heavy atom. The molecule has 92 valence electrons. The molecule has 18 heavy (non-hydrogen) atoms. The Morgan fingerprint density at radius 3 is 3.00 bits per heavy atom. The molecule has 1 aromatic carbocycles. The highest BCUT2D eigenvalue weighted by molar-refractivity contribution is 7.14. The standard InChI is InChI=1S/C13H11ClN2OS/c14-11-4-2-1-3-9(11)7-16-8-15-12-10(13(16)17)5-6-18-12/h1-6,15H,7-8H2. The van der Waals surface area contributed by atoms with Gasteiger partial charge in [-0.15, -0.1) is 11.3 Å². The minimum atomic E-state index is 0.0601. The summed E-state index contributed by atoms with van der Waals surface area (Å²) in [4.78, 5) is 14.0. The van der Waals surface area contributed by atoms with E-state index in [1.54, 1.807) is 16.2 Å². The summed E-state index contributed by atoms with van der Waals surface area (Å²) in [5, 5.41) is 6.82. The predicted octanol–water partition coefficient (Wildman–Crippen LogP) is 3.43. The molecule has 0 saturated carbocycles. The molecular weight excluding hydrogens is 268 g/mol. The third kappa shape index (κ3) is 1.98. The third-order valence-electron chi connectivity index (χ3n) is 2.93. The van der Waals surface area contributed by atoms with Crippen LogP contribution in [-0.2, 0) is 6.54 Å². The molecule has 2 aromatic rings. The Hall–Kier alpha value is -1.52. The maximum Gasteiger partial charge on any atom is 0.258 e. The Kier molecular flexibility index (Phi) is 2.97. The highest BCUT2D eigenvalue weighted by Gasteiger charge is 2.25. The van der Waals surface area contributed by atoms with Crippen molar-refractivity contribution >= 4 is 33.8 Å². The molecule has 2 heterocycles. The average Bonchev–Trinajstić information content (AvgIpc) is 2.84. The van der Waals surface area contributed by atoms with Crippen LogP contribution in [-0.4, -0.2) is 17.5 Å². The van der Waals surface area contributed by atoms with E-state index in [-0.39, 0.29) is 5.91 Å². The van der Waals surface area contributed by atoms with Gasteiger partial charge in [0.15, 0.2) is 0 Å². The molecule has 3 nitrogen and oxygen atoms in total. The number of carbonyl (C=O) groups is 1. The zero-order chi connectivity index (χ0) is 12.5. The van der Waals surface area contributed by atoms with E-state index in [0.29, 0.717) is 18.2 Å². The van der Waals surface area contributed by atoms with E-state index in [0.717, 1.165) is 16.1 Å². The molecule has 1 N–H and O–H groups in total. The SMILES string of the molecule is O=C1c2ccsc2NCN1Cc1ccccc1Cl. The monoisotopic (exact) mass is 278 g/mol. The Labute approximate surface area is 114 Å². The Bertz CT molecular complexity index is 596. The maximum atomic E-state index is 12.2. The normalized spacial score (nSPS) is 14.3. The van der Waals surface area contributed by atoms with Crippen LogP contribution in [0.4, 0.5) is 5.00 Å². The average molecular weight is 279 g/mol. The summed E-state index contributed by atoms with van der Waals surface area (Å²) in [6, 6.07) is 9.46. The van der Waals surface area contributed by atoms with Crippen LogP contribution in [0.15, 0.2) is 35.7 Å². The molecule has 1 aliphatic rings. The van der Waals surface area contributed by atoms with E-state index in [2.05, 4.69) is 5.32 Å². The van der Waals surface area contributed by atoms with E-state index < -0.39 is 0 Å². The van der Waals surface area contributed by atoms with Gasteiger partial charge in [0, 0.05) is 11.6 Å². The van der Waals surface area contributed by atoms with E-state index in [4.69, 9.17) is 11.6 Å². The summed E-state index contributed by atoms with van der Waals surface area (Å²) >= 11 is 7.67. The number of hydrogen-bond acceptors (Lipinski definition) is 3. The molecule has 0 unspecified atom stereocenters. The summed E-state index contributed by atoms with van der Waals surface area (Å²) in [5.74, 6) is 0.0601. The number of benzene rings is 1. The number of carbonyl (C=O) groups excluding carboxylic acids is 1. The highest BCUT2D eigenvalue weighted by atomic mass is 35.5. The number of hydrogen-bond donors (Lipinski definition) is 1. The van der Waals surface area contributed by atoms with Gasteiger partial charge in [-0.3, -0.25) is 4.79 Å². The zero-order valence-electron chi connectivity index (χ0n) is 9.52. The molecule has 0 atom stereocenters. The fraction of sp³-hybridized carbons (Fsp3) is 0.154. The van der Waals surface area contributed by atoms with Crippen molar-refractivity contribution in [3.8, 4) is 0 Å². The molecule has 5 heteroatoms. The lowest BCUT2D eigenvalue weighted by atomic mass is 10.2. The number of anilines is 1. The van der Waals surface area contributed by atoms with E-state index in [1.165, 1.54) is 0 Å².